The van der Waals surface area contributed by atoms with Crippen molar-refractivity contribution in [1.82, 2.24) is 14.9 Å². The lowest BCUT2D eigenvalue weighted by molar-refractivity contribution is -0.145. The first kappa shape index (κ1) is 20.1. The molecule has 1 aromatic heterocycles. The van der Waals surface area contributed by atoms with Crippen molar-refractivity contribution >= 4 is 28.6 Å². The Morgan fingerprint density at radius 2 is 1.75 bits per heavy atom. The Kier molecular flexibility index (Phi) is 5.88. The van der Waals surface area contributed by atoms with Crippen molar-refractivity contribution in [3.05, 3.63) is 65.5 Å². The fraction of sp³-hybridized carbons (Fsp3) is 0.250. The molecule has 146 valence electrons. The summed E-state index contributed by atoms with van der Waals surface area (Å²) in [6.07, 6.45) is -4.65. The van der Waals surface area contributed by atoms with Crippen LogP contribution in [-0.4, -0.2) is 33.6 Å². The van der Waals surface area contributed by atoms with E-state index in [9.17, 15) is 18.0 Å². The predicted molar refractivity (Wildman–Crippen MR) is 103 cm³/mol. The van der Waals surface area contributed by atoms with E-state index in [4.69, 9.17) is 0 Å². The maximum atomic E-state index is 13.1. The zero-order valence-corrected chi connectivity index (χ0v) is 16.1. The number of benzene rings is 2. The maximum absolute atomic E-state index is 13.1. The molecule has 0 N–H and O–H groups in total. The number of thioether (sulfide) groups is 1. The predicted octanol–water partition coefficient (Wildman–Crippen LogP) is 4.71. The molecule has 2 aromatic carbocycles. The molecule has 0 aliphatic heterocycles. The molecular weight excluding hydrogens is 387 g/mol. The van der Waals surface area contributed by atoms with Crippen molar-refractivity contribution in [3.63, 3.8) is 0 Å². The van der Waals surface area contributed by atoms with Crippen LogP contribution >= 0.6 is 11.8 Å². The number of nitrogens with zero attached hydrogens (tertiary/aromatic N) is 3. The zero-order chi connectivity index (χ0) is 20.3. The van der Waals surface area contributed by atoms with E-state index in [1.807, 2.05) is 31.2 Å². The molecule has 3 rings (SSSR count). The molecule has 0 radical (unpaired) electrons. The molecule has 0 fully saturated rings. The van der Waals surface area contributed by atoms with Crippen molar-refractivity contribution in [2.75, 3.05) is 12.8 Å². The molecule has 1 heterocycles. The van der Waals surface area contributed by atoms with E-state index in [0.29, 0.717) is 11.9 Å². The number of carbonyl (C=O) groups is 1. The first-order valence-corrected chi connectivity index (χ1v) is 9.49. The lowest BCUT2D eigenvalue weighted by atomic mass is 10.1. The average Bonchev–Trinajstić information content (AvgIpc) is 2.66. The third-order valence-corrected chi connectivity index (χ3v) is 5.10. The van der Waals surface area contributed by atoms with Crippen LogP contribution in [0.15, 0.2) is 53.6 Å². The van der Waals surface area contributed by atoms with E-state index in [0.717, 1.165) is 22.9 Å². The van der Waals surface area contributed by atoms with Crippen molar-refractivity contribution in [3.8, 4) is 0 Å². The first-order chi connectivity index (χ1) is 13.2. The van der Waals surface area contributed by atoms with Gasteiger partial charge in [0.05, 0.1) is 11.3 Å². The van der Waals surface area contributed by atoms with Crippen LogP contribution in [0.1, 0.15) is 17.0 Å². The van der Waals surface area contributed by atoms with E-state index in [1.54, 1.807) is 30.1 Å². The number of rotatable bonds is 5. The number of aryl methyl sites for hydroxylation is 1. The van der Waals surface area contributed by atoms with Crippen LogP contribution in [0.25, 0.3) is 10.9 Å². The van der Waals surface area contributed by atoms with Crippen LogP contribution in [0, 0.1) is 6.92 Å². The van der Waals surface area contributed by atoms with E-state index >= 15 is 0 Å². The number of fused-ring (bicyclic) bond motifs is 1. The lowest BCUT2D eigenvalue weighted by Gasteiger charge is -2.17. The van der Waals surface area contributed by atoms with Gasteiger partial charge in [0.15, 0.2) is 0 Å². The highest BCUT2D eigenvalue weighted by Gasteiger charge is 2.35. The molecule has 8 heteroatoms. The lowest BCUT2D eigenvalue weighted by Crippen LogP contribution is -2.27. The van der Waals surface area contributed by atoms with Gasteiger partial charge in [0, 0.05) is 19.0 Å². The second-order valence-electron chi connectivity index (χ2n) is 6.39. The highest BCUT2D eigenvalue weighted by atomic mass is 32.2. The van der Waals surface area contributed by atoms with E-state index < -0.39 is 12.0 Å². The molecule has 0 aliphatic carbocycles. The molecule has 0 unspecified atom stereocenters. The summed E-state index contributed by atoms with van der Waals surface area (Å²) in [5.74, 6) is -1.41. The number of aromatic nitrogens is 2. The second kappa shape index (κ2) is 8.18. The number of carbonyl (C=O) groups excluding carboxylic acids is 1. The first-order valence-electron chi connectivity index (χ1n) is 8.50. The largest absolute Gasteiger partial charge is 0.451 e. The van der Waals surface area contributed by atoms with Gasteiger partial charge in [-0.2, -0.15) is 13.2 Å². The summed E-state index contributed by atoms with van der Waals surface area (Å²) < 4.78 is 39.3. The number of hydrogen-bond donors (Lipinski definition) is 0. The summed E-state index contributed by atoms with van der Waals surface area (Å²) in [4.78, 5) is 21.2. The number of halogens is 3. The van der Waals surface area contributed by atoms with Gasteiger partial charge < -0.3 is 4.90 Å². The number of hydrogen-bond acceptors (Lipinski definition) is 4. The minimum absolute atomic E-state index is 0.0132. The van der Waals surface area contributed by atoms with Gasteiger partial charge >= 0.3 is 6.18 Å². The monoisotopic (exact) mass is 405 g/mol. The average molecular weight is 405 g/mol. The normalized spacial score (nSPS) is 11.6. The number of amides is 1. The highest BCUT2D eigenvalue weighted by Crippen LogP contribution is 2.32. The Morgan fingerprint density at radius 3 is 2.43 bits per heavy atom. The van der Waals surface area contributed by atoms with Gasteiger partial charge in [0.2, 0.25) is 11.7 Å². The van der Waals surface area contributed by atoms with Crippen molar-refractivity contribution in [2.45, 2.75) is 24.7 Å². The van der Waals surface area contributed by atoms with Crippen LogP contribution in [0.2, 0.25) is 0 Å². The minimum atomic E-state index is -4.65. The molecule has 0 spiro atoms. The molecule has 1 amide bonds. The molecule has 0 atom stereocenters. The number of alkyl halides is 3. The van der Waals surface area contributed by atoms with E-state index in [-0.39, 0.29) is 22.2 Å². The fourth-order valence-electron chi connectivity index (χ4n) is 2.58. The molecule has 4 nitrogen and oxygen atoms in total. The quantitative estimate of drug-likeness (QED) is 0.456. The minimum Gasteiger partial charge on any atom is -0.341 e. The van der Waals surface area contributed by atoms with Crippen LogP contribution in [0.3, 0.4) is 0 Å². The Bertz CT molecular complexity index is 990. The Morgan fingerprint density at radius 1 is 1.07 bits per heavy atom. The standard InChI is InChI=1S/C20H18F3N3OS/c1-13-7-9-14(10-8-13)11-26(2)17(27)12-28-18-15-5-3-4-6-16(15)24-19(25-18)20(21,22)23/h3-10H,11-12H2,1-2H3. The van der Waals surface area contributed by atoms with Crippen LogP contribution in [-0.2, 0) is 17.5 Å². The molecule has 0 saturated carbocycles. The summed E-state index contributed by atoms with van der Waals surface area (Å²) in [5, 5.41) is 0.643. The summed E-state index contributed by atoms with van der Waals surface area (Å²) in [6.45, 7) is 2.41. The van der Waals surface area contributed by atoms with Gasteiger partial charge in [-0.15, -0.1) is 0 Å². The Balaban J connectivity index is 1.75. The van der Waals surface area contributed by atoms with Crippen molar-refractivity contribution in [2.24, 2.45) is 0 Å². The topological polar surface area (TPSA) is 46.1 Å². The van der Waals surface area contributed by atoms with Gasteiger partial charge in [-0.25, -0.2) is 9.97 Å². The zero-order valence-electron chi connectivity index (χ0n) is 15.3. The number of para-hydroxylation sites is 1. The molecule has 0 aliphatic rings. The van der Waals surface area contributed by atoms with Gasteiger partial charge in [0.25, 0.3) is 0 Å². The summed E-state index contributed by atoms with van der Waals surface area (Å²) in [7, 11) is 1.67. The third-order valence-electron chi connectivity index (χ3n) is 4.12. The third kappa shape index (κ3) is 4.81. The van der Waals surface area contributed by atoms with Crippen LogP contribution < -0.4 is 0 Å². The molecular formula is C20H18F3N3OS. The highest BCUT2D eigenvalue weighted by molar-refractivity contribution is 8.00. The van der Waals surface area contributed by atoms with Crippen LogP contribution in [0.4, 0.5) is 13.2 Å². The Hall–Kier alpha value is -2.61. The van der Waals surface area contributed by atoms with Crippen molar-refractivity contribution < 1.29 is 18.0 Å². The molecule has 0 bridgehead atoms. The summed E-state index contributed by atoms with van der Waals surface area (Å²) >= 11 is 0.987. The van der Waals surface area contributed by atoms with Gasteiger partial charge in [-0.3, -0.25) is 4.79 Å². The van der Waals surface area contributed by atoms with Crippen molar-refractivity contribution in [1.29, 1.82) is 0 Å². The summed E-state index contributed by atoms with van der Waals surface area (Å²) in [6, 6.07) is 14.3. The Labute approximate surface area is 164 Å². The molecule has 3 aromatic rings. The molecule has 0 saturated heterocycles. The maximum Gasteiger partial charge on any atom is 0.451 e. The van der Waals surface area contributed by atoms with Gasteiger partial charge in [-0.05, 0) is 18.6 Å². The SMILES string of the molecule is Cc1ccc(CN(C)C(=O)CSc2nc(C(F)(F)F)nc3ccccc23)cc1. The van der Waals surface area contributed by atoms with E-state index in [2.05, 4.69) is 9.97 Å². The van der Waals surface area contributed by atoms with Crippen LogP contribution in [0.5, 0.6) is 0 Å². The fourth-order valence-corrected chi connectivity index (χ4v) is 3.54. The van der Waals surface area contributed by atoms with Gasteiger partial charge in [0.1, 0.15) is 5.03 Å². The molecule has 28 heavy (non-hydrogen) atoms. The smallest absolute Gasteiger partial charge is 0.341 e. The van der Waals surface area contributed by atoms with E-state index in [1.165, 1.54) is 6.07 Å². The summed E-state index contributed by atoms with van der Waals surface area (Å²) in [5.41, 5.74) is 2.32. The van der Waals surface area contributed by atoms with Gasteiger partial charge in [-0.1, -0.05) is 59.8 Å². The second-order valence-corrected chi connectivity index (χ2v) is 7.36.